The van der Waals surface area contributed by atoms with E-state index in [0.29, 0.717) is 34.0 Å². The number of nitrogens with one attached hydrogen (secondary N) is 2. The van der Waals surface area contributed by atoms with Gasteiger partial charge < -0.3 is 20.1 Å². The molecule has 3 aromatic rings. The van der Waals surface area contributed by atoms with E-state index in [-0.39, 0.29) is 5.91 Å². The molecule has 7 heteroatoms. The highest BCUT2D eigenvalue weighted by molar-refractivity contribution is 6.07. The molecule has 0 unspecified atom stereocenters. The fraction of sp³-hybridized carbons (Fsp3) is 0.0909. The van der Waals surface area contributed by atoms with E-state index in [9.17, 15) is 14.0 Å². The van der Waals surface area contributed by atoms with Crippen LogP contribution in [-0.4, -0.2) is 26.0 Å². The van der Waals surface area contributed by atoms with Crippen molar-refractivity contribution in [1.82, 2.24) is 0 Å². The molecule has 0 spiro atoms. The summed E-state index contributed by atoms with van der Waals surface area (Å²) < 4.78 is 23.6. The minimum atomic E-state index is -0.441. The van der Waals surface area contributed by atoms with E-state index in [1.165, 1.54) is 49.6 Å². The number of benzene rings is 3. The number of methoxy groups -OCH3 is 2. The number of amides is 2. The van der Waals surface area contributed by atoms with Crippen LogP contribution < -0.4 is 20.1 Å². The second-order valence-electron chi connectivity index (χ2n) is 6.06. The molecule has 0 atom stereocenters. The Labute approximate surface area is 167 Å². The van der Waals surface area contributed by atoms with E-state index in [1.807, 2.05) is 0 Å². The van der Waals surface area contributed by atoms with Crippen LogP contribution in [0, 0.1) is 5.82 Å². The van der Waals surface area contributed by atoms with Crippen LogP contribution in [-0.2, 0) is 0 Å². The largest absolute Gasteiger partial charge is 0.497 e. The van der Waals surface area contributed by atoms with Crippen LogP contribution in [0.3, 0.4) is 0 Å². The van der Waals surface area contributed by atoms with E-state index < -0.39 is 11.7 Å². The molecule has 0 bridgehead atoms. The van der Waals surface area contributed by atoms with E-state index >= 15 is 0 Å². The zero-order valence-corrected chi connectivity index (χ0v) is 15.9. The Morgan fingerprint density at radius 3 is 2.03 bits per heavy atom. The molecule has 148 valence electrons. The number of halogens is 1. The van der Waals surface area contributed by atoms with Crippen molar-refractivity contribution in [2.24, 2.45) is 0 Å². The Balaban J connectivity index is 1.69. The highest BCUT2D eigenvalue weighted by atomic mass is 19.1. The highest BCUT2D eigenvalue weighted by Crippen LogP contribution is 2.29. The first-order chi connectivity index (χ1) is 14.0. The third-order valence-corrected chi connectivity index (χ3v) is 4.15. The van der Waals surface area contributed by atoms with E-state index in [1.54, 1.807) is 31.4 Å². The van der Waals surface area contributed by atoms with Crippen molar-refractivity contribution in [2.45, 2.75) is 0 Å². The molecule has 0 saturated carbocycles. The number of hydrogen-bond acceptors (Lipinski definition) is 4. The Bertz CT molecular complexity index is 1040. The van der Waals surface area contributed by atoms with Gasteiger partial charge in [-0.1, -0.05) is 6.07 Å². The van der Waals surface area contributed by atoms with E-state index in [2.05, 4.69) is 10.6 Å². The maximum absolute atomic E-state index is 13.2. The monoisotopic (exact) mass is 394 g/mol. The van der Waals surface area contributed by atoms with Crippen molar-refractivity contribution < 1.29 is 23.5 Å². The zero-order chi connectivity index (χ0) is 20.8. The molecule has 29 heavy (non-hydrogen) atoms. The van der Waals surface area contributed by atoms with Gasteiger partial charge in [-0.05, 0) is 54.6 Å². The van der Waals surface area contributed by atoms with Crippen LogP contribution in [0.4, 0.5) is 15.8 Å². The van der Waals surface area contributed by atoms with Crippen LogP contribution in [0.25, 0.3) is 0 Å². The number of carbonyl (C=O) groups is 2. The quantitative estimate of drug-likeness (QED) is 0.652. The minimum Gasteiger partial charge on any atom is -0.497 e. The fourth-order valence-electron chi connectivity index (χ4n) is 2.64. The standard InChI is InChI=1S/C22H19FN2O4/c1-28-18-10-11-19(20(13-18)29-2)25-22(27)15-8-6-14(7-9-15)21(26)24-17-5-3-4-16(23)12-17/h3-13H,1-2H3,(H,24,26)(H,25,27). The van der Waals surface area contributed by atoms with Crippen LogP contribution in [0.15, 0.2) is 66.7 Å². The summed E-state index contributed by atoms with van der Waals surface area (Å²) in [5.41, 5.74) is 1.55. The molecule has 0 aliphatic heterocycles. The number of rotatable bonds is 6. The summed E-state index contributed by atoms with van der Waals surface area (Å²) in [5.74, 6) is -0.133. The van der Waals surface area contributed by atoms with Gasteiger partial charge in [0.25, 0.3) is 11.8 Å². The molecule has 2 amide bonds. The number of carbonyl (C=O) groups excluding carboxylic acids is 2. The van der Waals surface area contributed by atoms with Gasteiger partial charge in [0.15, 0.2) is 0 Å². The molecule has 0 saturated heterocycles. The Morgan fingerprint density at radius 1 is 0.793 bits per heavy atom. The molecule has 0 aromatic heterocycles. The van der Waals surface area contributed by atoms with Crippen molar-refractivity contribution in [3.8, 4) is 11.5 Å². The summed E-state index contributed by atoms with van der Waals surface area (Å²) in [7, 11) is 3.04. The maximum Gasteiger partial charge on any atom is 0.255 e. The third kappa shape index (κ3) is 4.90. The smallest absolute Gasteiger partial charge is 0.255 e. The molecule has 3 aromatic carbocycles. The highest BCUT2D eigenvalue weighted by Gasteiger charge is 2.12. The van der Waals surface area contributed by atoms with Crippen LogP contribution >= 0.6 is 0 Å². The van der Waals surface area contributed by atoms with Gasteiger partial charge in [-0.3, -0.25) is 9.59 Å². The topological polar surface area (TPSA) is 76.7 Å². The van der Waals surface area contributed by atoms with Gasteiger partial charge in [0, 0.05) is 22.9 Å². The molecule has 6 nitrogen and oxygen atoms in total. The molecule has 0 radical (unpaired) electrons. The van der Waals surface area contributed by atoms with Gasteiger partial charge >= 0.3 is 0 Å². The molecule has 3 rings (SSSR count). The number of anilines is 2. The molecule has 0 fully saturated rings. The van der Waals surface area contributed by atoms with Gasteiger partial charge in [-0.2, -0.15) is 0 Å². The first kappa shape index (κ1) is 19.9. The lowest BCUT2D eigenvalue weighted by atomic mass is 10.1. The molecule has 0 aliphatic carbocycles. The lowest BCUT2D eigenvalue weighted by Gasteiger charge is -2.12. The van der Waals surface area contributed by atoms with Crippen LogP contribution in [0.5, 0.6) is 11.5 Å². The zero-order valence-electron chi connectivity index (χ0n) is 15.9. The first-order valence-electron chi connectivity index (χ1n) is 8.70. The van der Waals surface area contributed by atoms with Crippen LogP contribution in [0.1, 0.15) is 20.7 Å². The number of ether oxygens (including phenoxy) is 2. The summed E-state index contributed by atoms with van der Waals surface area (Å²) in [4.78, 5) is 24.8. The fourth-order valence-corrected chi connectivity index (χ4v) is 2.64. The average molecular weight is 394 g/mol. The van der Waals surface area contributed by atoms with Gasteiger partial charge in [-0.25, -0.2) is 4.39 Å². The summed E-state index contributed by atoms with van der Waals surface area (Å²) in [6.45, 7) is 0. The lowest BCUT2D eigenvalue weighted by molar-refractivity contribution is 0.101. The predicted molar refractivity (Wildman–Crippen MR) is 108 cm³/mol. The summed E-state index contributed by atoms with van der Waals surface area (Å²) in [6, 6.07) is 16.8. The van der Waals surface area contributed by atoms with Crippen molar-refractivity contribution in [2.75, 3.05) is 24.9 Å². The average Bonchev–Trinajstić information content (AvgIpc) is 2.74. The Kier molecular flexibility index (Phi) is 6.09. The predicted octanol–water partition coefficient (Wildman–Crippen LogP) is 4.35. The molecule has 0 aliphatic rings. The van der Waals surface area contributed by atoms with Crippen molar-refractivity contribution >= 4 is 23.2 Å². The van der Waals surface area contributed by atoms with Crippen LogP contribution in [0.2, 0.25) is 0 Å². The lowest BCUT2D eigenvalue weighted by Crippen LogP contribution is -2.14. The van der Waals surface area contributed by atoms with Gasteiger partial charge in [0.05, 0.1) is 19.9 Å². The Morgan fingerprint density at radius 2 is 1.45 bits per heavy atom. The van der Waals surface area contributed by atoms with E-state index in [0.717, 1.165) is 0 Å². The second kappa shape index (κ2) is 8.88. The van der Waals surface area contributed by atoms with Crippen molar-refractivity contribution in [1.29, 1.82) is 0 Å². The van der Waals surface area contributed by atoms with Gasteiger partial charge in [-0.15, -0.1) is 0 Å². The second-order valence-corrected chi connectivity index (χ2v) is 6.06. The minimum absolute atomic E-state index is 0.341. The van der Waals surface area contributed by atoms with Crippen molar-refractivity contribution in [3.63, 3.8) is 0 Å². The summed E-state index contributed by atoms with van der Waals surface area (Å²) in [6.07, 6.45) is 0. The summed E-state index contributed by atoms with van der Waals surface area (Å²) >= 11 is 0. The normalized spacial score (nSPS) is 10.2. The number of hydrogen-bond donors (Lipinski definition) is 2. The third-order valence-electron chi connectivity index (χ3n) is 4.15. The van der Waals surface area contributed by atoms with Gasteiger partial charge in [0.1, 0.15) is 17.3 Å². The molecule has 0 heterocycles. The maximum atomic E-state index is 13.2. The SMILES string of the molecule is COc1ccc(NC(=O)c2ccc(C(=O)Nc3cccc(F)c3)cc2)c(OC)c1. The molecule has 2 N–H and O–H groups in total. The summed E-state index contributed by atoms with van der Waals surface area (Å²) in [5, 5.41) is 5.37. The molecular formula is C22H19FN2O4. The molecular weight excluding hydrogens is 375 g/mol. The van der Waals surface area contributed by atoms with Crippen molar-refractivity contribution in [3.05, 3.63) is 83.7 Å². The van der Waals surface area contributed by atoms with Gasteiger partial charge in [0.2, 0.25) is 0 Å². The van der Waals surface area contributed by atoms with E-state index in [4.69, 9.17) is 9.47 Å². The Hall–Kier alpha value is -3.87. The first-order valence-corrected chi connectivity index (χ1v) is 8.70.